The predicted octanol–water partition coefficient (Wildman–Crippen LogP) is 3.11. The van der Waals surface area contributed by atoms with Gasteiger partial charge in [0, 0.05) is 23.8 Å². The van der Waals surface area contributed by atoms with Crippen molar-refractivity contribution < 1.29 is 4.79 Å². The Bertz CT molecular complexity index is 302. The van der Waals surface area contributed by atoms with Crippen molar-refractivity contribution in [3.8, 4) is 0 Å². The molecule has 0 heterocycles. The number of carbonyl (C=O) groups is 1. The van der Waals surface area contributed by atoms with Crippen molar-refractivity contribution in [3.05, 3.63) is 0 Å². The normalized spacial score (nSPS) is 33.5. The highest BCUT2D eigenvalue weighted by atomic mass is 35.5. The summed E-state index contributed by atoms with van der Waals surface area (Å²) in [4.78, 5) is 12.2. The number of halogens is 1. The van der Waals surface area contributed by atoms with Gasteiger partial charge in [-0.25, -0.2) is 0 Å². The number of carbonyl (C=O) groups excluding carboxylic acids is 1. The molecule has 0 aromatic heterocycles. The fourth-order valence-electron chi connectivity index (χ4n) is 3.50. The molecule has 5 heteroatoms. The molecule has 3 N–H and O–H groups in total. The van der Waals surface area contributed by atoms with Gasteiger partial charge in [-0.2, -0.15) is 11.8 Å². The SMILES string of the molecule is CCSC1CCCCC1NC(=O)C[C@@H]1CCC[C@H]1N.Cl. The van der Waals surface area contributed by atoms with Gasteiger partial charge in [0.1, 0.15) is 0 Å². The summed E-state index contributed by atoms with van der Waals surface area (Å²) in [6.07, 6.45) is 9.04. The molecule has 0 bridgehead atoms. The zero-order valence-corrected chi connectivity index (χ0v) is 14.1. The van der Waals surface area contributed by atoms with Crippen LogP contribution in [-0.4, -0.2) is 29.0 Å². The van der Waals surface area contributed by atoms with Crippen LogP contribution in [0.5, 0.6) is 0 Å². The lowest BCUT2D eigenvalue weighted by Gasteiger charge is -2.32. The van der Waals surface area contributed by atoms with Gasteiger partial charge in [0.15, 0.2) is 0 Å². The highest BCUT2D eigenvalue weighted by molar-refractivity contribution is 7.99. The molecule has 0 aromatic carbocycles. The van der Waals surface area contributed by atoms with Crippen LogP contribution < -0.4 is 11.1 Å². The molecule has 1 amide bonds. The number of rotatable bonds is 5. The zero-order chi connectivity index (χ0) is 13.7. The second-order valence-corrected chi connectivity index (χ2v) is 7.53. The number of thioether (sulfide) groups is 1. The second kappa shape index (κ2) is 9.16. The van der Waals surface area contributed by atoms with Gasteiger partial charge in [0.05, 0.1) is 0 Å². The molecular formula is C15H29ClN2OS. The topological polar surface area (TPSA) is 55.1 Å². The van der Waals surface area contributed by atoms with Crippen LogP contribution in [0.15, 0.2) is 0 Å². The van der Waals surface area contributed by atoms with Crippen LogP contribution in [0.3, 0.4) is 0 Å². The predicted molar refractivity (Wildman–Crippen MR) is 89.5 cm³/mol. The van der Waals surface area contributed by atoms with E-state index in [4.69, 9.17) is 5.73 Å². The minimum absolute atomic E-state index is 0. The molecule has 2 saturated carbocycles. The lowest BCUT2D eigenvalue weighted by molar-refractivity contribution is -0.122. The van der Waals surface area contributed by atoms with Crippen LogP contribution in [0.1, 0.15) is 58.3 Å². The van der Waals surface area contributed by atoms with Gasteiger partial charge in [0.25, 0.3) is 0 Å². The van der Waals surface area contributed by atoms with E-state index in [2.05, 4.69) is 12.2 Å². The van der Waals surface area contributed by atoms with E-state index in [1.807, 2.05) is 11.8 Å². The first kappa shape index (κ1) is 18.1. The van der Waals surface area contributed by atoms with Gasteiger partial charge in [0.2, 0.25) is 5.91 Å². The van der Waals surface area contributed by atoms with Crippen LogP contribution in [0.2, 0.25) is 0 Å². The number of hydrogen-bond acceptors (Lipinski definition) is 3. The van der Waals surface area contributed by atoms with E-state index >= 15 is 0 Å². The lowest BCUT2D eigenvalue weighted by Crippen LogP contribution is -2.45. The Morgan fingerprint density at radius 1 is 1.20 bits per heavy atom. The highest BCUT2D eigenvalue weighted by Gasteiger charge is 2.29. The average Bonchev–Trinajstić information content (AvgIpc) is 2.78. The van der Waals surface area contributed by atoms with E-state index in [9.17, 15) is 4.79 Å². The van der Waals surface area contributed by atoms with Crippen LogP contribution in [0.25, 0.3) is 0 Å². The Morgan fingerprint density at radius 3 is 2.60 bits per heavy atom. The summed E-state index contributed by atoms with van der Waals surface area (Å²) in [6, 6.07) is 0.641. The Labute approximate surface area is 133 Å². The summed E-state index contributed by atoms with van der Waals surface area (Å²) < 4.78 is 0. The summed E-state index contributed by atoms with van der Waals surface area (Å²) in [5.41, 5.74) is 6.05. The van der Waals surface area contributed by atoms with Crippen molar-refractivity contribution in [2.75, 3.05) is 5.75 Å². The van der Waals surface area contributed by atoms with Gasteiger partial charge in [-0.05, 0) is 37.4 Å². The van der Waals surface area contributed by atoms with E-state index < -0.39 is 0 Å². The largest absolute Gasteiger partial charge is 0.352 e. The molecule has 2 aliphatic rings. The van der Waals surface area contributed by atoms with Crippen LogP contribution in [0.4, 0.5) is 0 Å². The van der Waals surface area contributed by atoms with E-state index in [0.29, 0.717) is 23.6 Å². The standard InChI is InChI=1S/C15H28N2OS.ClH/c1-2-19-14-9-4-3-8-13(14)17-15(18)10-11-6-5-7-12(11)16;/h11-14H,2-10,16H2,1H3,(H,17,18);1H/t11-,12+,13?,14?;/m0./s1. The quantitative estimate of drug-likeness (QED) is 0.818. The zero-order valence-electron chi connectivity index (χ0n) is 12.5. The van der Waals surface area contributed by atoms with Crippen molar-refractivity contribution >= 4 is 30.1 Å². The lowest BCUT2D eigenvalue weighted by atomic mass is 9.94. The minimum atomic E-state index is 0. The van der Waals surface area contributed by atoms with Gasteiger partial charge in [-0.15, -0.1) is 12.4 Å². The van der Waals surface area contributed by atoms with Crippen molar-refractivity contribution in [2.24, 2.45) is 11.7 Å². The van der Waals surface area contributed by atoms with E-state index in [-0.39, 0.29) is 24.4 Å². The monoisotopic (exact) mass is 320 g/mol. The van der Waals surface area contributed by atoms with Gasteiger partial charge in [-0.3, -0.25) is 4.79 Å². The third-order valence-electron chi connectivity index (χ3n) is 4.60. The second-order valence-electron chi connectivity index (χ2n) is 6.01. The molecule has 0 radical (unpaired) electrons. The molecule has 0 aromatic rings. The van der Waals surface area contributed by atoms with Crippen molar-refractivity contribution in [3.63, 3.8) is 0 Å². The fraction of sp³-hybridized carbons (Fsp3) is 0.933. The molecule has 0 saturated heterocycles. The van der Waals surface area contributed by atoms with E-state index in [1.54, 1.807) is 0 Å². The summed E-state index contributed by atoms with van der Waals surface area (Å²) >= 11 is 2.01. The molecule has 0 aliphatic heterocycles. The first-order valence-electron chi connectivity index (χ1n) is 7.87. The maximum Gasteiger partial charge on any atom is 0.220 e. The summed E-state index contributed by atoms with van der Waals surface area (Å²) in [5.74, 6) is 1.79. The molecule has 3 nitrogen and oxygen atoms in total. The molecule has 2 aliphatic carbocycles. The number of amides is 1. The van der Waals surface area contributed by atoms with Crippen molar-refractivity contribution in [2.45, 2.75) is 75.6 Å². The number of nitrogens with one attached hydrogen (secondary N) is 1. The van der Waals surface area contributed by atoms with Crippen LogP contribution >= 0.6 is 24.2 Å². The van der Waals surface area contributed by atoms with Gasteiger partial charge in [-0.1, -0.05) is 26.2 Å². The van der Waals surface area contributed by atoms with E-state index in [1.165, 1.54) is 25.7 Å². The smallest absolute Gasteiger partial charge is 0.220 e. The molecular weight excluding hydrogens is 292 g/mol. The maximum atomic E-state index is 12.2. The van der Waals surface area contributed by atoms with Gasteiger partial charge < -0.3 is 11.1 Å². The maximum absolute atomic E-state index is 12.2. The molecule has 0 spiro atoms. The average molecular weight is 321 g/mol. The summed E-state index contributed by atoms with van der Waals surface area (Å²) in [6.45, 7) is 2.20. The first-order valence-corrected chi connectivity index (χ1v) is 8.92. The third kappa shape index (κ3) is 5.12. The van der Waals surface area contributed by atoms with Crippen molar-refractivity contribution in [1.82, 2.24) is 5.32 Å². The third-order valence-corrected chi connectivity index (χ3v) is 5.92. The van der Waals surface area contributed by atoms with Crippen LogP contribution in [-0.2, 0) is 4.79 Å². The Hall–Kier alpha value is 0.0700. The fourth-order valence-corrected chi connectivity index (χ4v) is 4.70. The molecule has 2 fully saturated rings. The summed E-state index contributed by atoms with van der Waals surface area (Å²) in [7, 11) is 0. The first-order chi connectivity index (χ1) is 9.20. The van der Waals surface area contributed by atoms with Gasteiger partial charge >= 0.3 is 0 Å². The number of hydrogen-bond donors (Lipinski definition) is 2. The Kier molecular flexibility index (Phi) is 8.30. The molecule has 118 valence electrons. The van der Waals surface area contributed by atoms with E-state index in [0.717, 1.165) is 25.0 Å². The molecule has 2 rings (SSSR count). The van der Waals surface area contributed by atoms with Crippen LogP contribution in [0, 0.1) is 5.92 Å². The summed E-state index contributed by atoms with van der Waals surface area (Å²) in [5, 5.41) is 3.91. The Balaban J connectivity index is 0.00000200. The number of nitrogens with two attached hydrogens (primary N) is 1. The Morgan fingerprint density at radius 2 is 1.95 bits per heavy atom. The molecule has 2 unspecified atom stereocenters. The highest BCUT2D eigenvalue weighted by Crippen LogP contribution is 2.30. The molecule has 20 heavy (non-hydrogen) atoms. The molecule has 4 atom stereocenters. The minimum Gasteiger partial charge on any atom is -0.352 e. The van der Waals surface area contributed by atoms with Crippen molar-refractivity contribution in [1.29, 1.82) is 0 Å².